The van der Waals surface area contributed by atoms with Crippen LogP contribution in [0.3, 0.4) is 0 Å². The van der Waals surface area contributed by atoms with Crippen molar-refractivity contribution in [1.82, 2.24) is 0 Å². The Labute approximate surface area is 206 Å². The fraction of sp³-hybridized carbons (Fsp3) is 0.900. The summed E-state index contributed by atoms with van der Waals surface area (Å²) in [4.78, 5) is 13.9. The van der Waals surface area contributed by atoms with Gasteiger partial charge in [0.15, 0.2) is 0 Å². The highest BCUT2D eigenvalue weighted by Crippen LogP contribution is 2.75. The molecule has 0 bridgehead atoms. The van der Waals surface area contributed by atoms with Gasteiger partial charge in [0.05, 0.1) is 17.6 Å². The quantitative estimate of drug-likeness (QED) is 0.386. The normalized spacial score (nSPS) is 50.1. The number of aliphatic hydroxyl groups excluding tert-OH is 2. The largest absolute Gasteiger partial charge is 0.458 e. The molecule has 1 heterocycles. The molecule has 4 nitrogen and oxygen atoms in total. The molecule has 2 N–H and O–H groups in total. The van der Waals surface area contributed by atoms with Gasteiger partial charge in [-0.05, 0) is 92.3 Å². The van der Waals surface area contributed by atoms with E-state index < -0.39 is 17.1 Å². The van der Waals surface area contributed by atoms with Crippen LogP contribution < -0.4 is 0 Å². The van der Waals surface area contributed by atoms with E-state index in [0.717, 1.165) is 51.4 Å². The number of carbonyl (C=O) groups excluding carboxylic acids is 1. The van der Waals surface area contributed by atoms with Gasteiger partial charge in [0.25, 0.3) is 0 Å². The van der Waals surface area contributed by atoms with Crippen molar-refractivity contribution in [2.24, 2.45) is 45.3 Å². The van der Waals surface area contributed by atoms with Gasteiger partial charge < -0.3 is 14.9 Å². The van der Waals surface area contributed by atoms with Crippen LogP contribution in [0.25, 0.3) is 0 Å². The molecule has 1 saturated heterocycles. The van der Waals surface area contributed by atoms with Crippen molar-refractivity contribution >= 4 is 5.97 Å². The second-order valence-electron chi connectivity index (χ2n) is 14.5. The van der Waals surface area contributed by atoms with Crippen molar-refractivity contribution < 1.29 is 19.7 Å². The zero-order valence-corrected chi connectivity index (χ0v) is 22.6. The van der Waals surface area contributed by atoms with Crippen molar-refractivity contribution in [3.8, 4) is 0 Å². The third-order valence-corrected chi connectivity index (χ3v) is 12.0. The summed E-state index contributed by atoms with van der Waals surface area (Å²) in [5.41, 5.74) is 0.484. The molecule has 4 aliphatic carbocycles. The maximum absolute atomic E-state index is 13.9. The summed E-state index contributed by atoms with van der Waals surface area (Å²) in [6.45, 7) is 15.8. The molecule has 2 unspecified atom stereocenters. The number of carbonyl (C=O) groups is 1. The number of cyclic esters (lactones) is 1. The molecule has 4 heteroatoms. The minimum atomic E-state index is -0.577. The average Bonchev–Trinajstić information content (AvgIpc) is 3.15. The van der Waals surface area contributed by atoms with E-state index in [1.54, 1.807) is 5.57 Å². The van der Waals surface area contributed by atoms with Crippen LogP contribution in [0.1, 0.15) is 106 Å². The molecule has 4 fully saturated rings. The smallest absolute Gasteiger partial charge is 0.313 e. The van der Waals surface area contributed by atoms with E-state index in [0.29, 0.717) is 24.2 Å². The van der Waals surface area contributed by atoms with Gasteiger partial charge in [-0.25, -0.2) is 0 Å². The average molecular weight is 473 g/mol. The van der Waals surface area contributed by atoms with Gasteiger partial charge in [0.1, 0.15) is 5.60 Å². The minimum Gasteiger partial charge on any atom is -0.458 e. The number of hydrogen-bond acceptors (Lipinski definition) is 4. The highest BCUT2D eigenvalue weighted by Gasteiger charge is 2.76. The van der Waals surface area contributed by atoms with E-state index >= 15 is 0 Å². The molecule has 9 atom stereocenters. The molecule has 0 amide bonds. The fourth-order valence-electron chi connectivity index (χ4n) is 10.4. The van der Waals surface area contributed by atoms with Crippen LogP contribution in [0.15, 0.2) is 11.6 Å². The van der Waals surface area contributed by atoms with Crippen LogP contribution in [0.2, 0.25) is 0 Å². The second-order valence-corrected chi connectivity index (χ2v) is 14.5. The number of ether oxygens (including phenoxy) is 1. The molecule has 34 heavy (non-hydrogen) atoms. The summed E-state index contributed by atoms with van der Waals surface area (Å²) in [7, 11) is 0. The maximum atomic E-state index is 13.9. The number of allylic oxidation sites excluding steroid dienone is 2. The third kappa shape index (κ3) is 3.00. The minimum absolute atomic E-state index is 0.00119. The Kier molecular flexibility index (Phi) is 5.52. The van der Waals surface area contributed by atoms with E-state index in [4.69, 9.17) is 4.74 Å². The van der Waals surface area contributed by atoms with E-state index in [-0.39, 0.29) is 34.2 Å². The molecule has 1 aliphatic heterocycles. The fourth-order valence-corrected chi connectivity index (χ4v) is 10.4. The second kappa shape index (κ2) is 7.57. The van der Waals surface area contributed by atoms with Crippen LogP contribution in [0, 0.1) is 45.3 Å². The summed E-state index contributed by atoms with van der Waals surface area (Å²) in [5.74, 6) is 1.49. The summed E-state index contributed by atoms with van der Waals surface area (Å²) in [6, 6.07) is 0. The Bertz CT molecular complexity index is 890. The van der Waals surface area contributed by atoms with Crippen LogP contribution >= 0.6 is 0 Å². The van der Waals surface area contributed by atoms with Crippen molar-refractivity contribution in [1.29, 1.82) is 0 Å². The first-order chi connectivity index (χ1) is 15.7. The molecular weight excluding hydrogens is 424 g/mol. The Morgan fingerprint density at radius 2 is 1.74 bits per heavy atom. The molecule has 0 aromatic rings. The molecule has 0 radical (unpaired) electrons. The number of hydrogen-bond donors (Lipinski definition) is 2. The lowest BCUT2D eigenvalue weighted by Crippen LogP contribution is -2.58. The molecular formula is C30H48O4. The van der Waals surface area contributed by atoms with E-state index in [1.165, 1.54) is 0 Å². The lowest BCUT2D eigenvalue weighted by molar-refractivity contribution is -0.164. The van der Waals surface area contributed by atoms with Gasteiger partial charge in [-0.2, -0.15) is 0 Å². The Balaban J connectivity index is 1.51. The first kappa shape index (κ1) is 24.8. The van der Waals surface area contributed by atoms with E-state index in [2.05, 4.69) is 54.5 Å². The zero-order chi connectivity index (χ0) is 24.9. The number of fused-ring (bicyclic) bond motifs is 4. The maximum Gasteiger partial charge on any atom is 0.313 e. The van der Waals surface area contributed by atoms with Crippen molar-refractivity contribution in [2.75, 3.05) is 0 Å². The topological polar surface area (TPSA) is 66.8 Å². The first-order valence-corrected chi connectivity index (χ1v) is 14.0. The molecule has 1 spiro atoms. The highest BCUT2D eigenvalue weighted by atomic mass is 16.6. The van der Waals surface area contributed by atoms with Crippen molar-refractivity contribution in [3.05, 3.63) is 11.6 Å². The van der Waals surface area contributed by atoms with Crippen LogP contribution in [-0.2, 0) is 9.53 Å². The Morgan fingerprint density at radius 1 is 1.03 bits per heavy atom. The molecule has 0 aromatic heterocycles. The summed E-state index contributed by atoms with van der Waals surface area (Å²) < 4.78 is 6.29. The number of esters is 1. The SMILES string of the molecule is CC(C)CC(O)C[C@]1(C)OC(=O)[C@]23CC=C4[C@@H](CCC5C(C)(C)[C@@H](O)CC[C@]45C)[C@]2(C)CC[C@@H]31. The predicted molar refractivity (Wildman–Crippen MR) is 134 cm³/mol. The molecule has 0 aromatic carbocycles. The van der Waals surface area contributed by atoms with Gasteiger partial charge in [0.2, 0.25) is 0 Å². The number of aliphatic hydroxyl groups is 2. The lowest BCUT2D eigenvalue weighted by Gasteiger charge is -2.63. The summed E-state index contributed by atoms with van der Waals surface area (Å²) in [6.07, 6.45) is 10.1. The van der Waals surface area contributed by atoms with E-state index in [1.807, 2.05) is 0 Å². The van der Waals surface area contributed by atoms with Gasteiger partial charge >= 0.3 is 5.97 Å². The predicted octanol–water partition coefficient (Wildman–Crippen LogP) is 6.05. The van der Waals surface area contributed by atoms with Crippen LogP contribution in [0.4, 0.5) is 0 Å². The number of rotatable bonds is 4. The highest BCUT2D eigenvalue weighted by molar-refractivity contribution is 5.83. The molecule has 3 saturated carbocycles. The zero-order valence-electron chi connectivity index (χ0n) is 22.6. The molecule has 5 rings (SSSR count). The van der Waals surface area contributed by atoms with Gasteiger partial charge in [0, 0.05) is 12.3 Å². The van der Waals surface area contributed by atoms with Crippen LogP contribution in [0.5, 0.6) is 0 Å². The van der Waals surface area contributed by atoms with Crippen LogP contribution in [-0.4, -0.2) is 34.0 Å². The third-order valence-electron chi connectivity index (χ3n) is 12.0. The van der Waals surface area contributed by atoms with E-state index in [9.17, 15) is 15.0 Å². The summed E-state index contributed by atoms with van der Waals surface area (Å²) in [5, 5.41) is 21.6. The van der Waals surface area contributed by atoms with Gasteiger partial charge in [-0.15, -0.1) is 0 Å². The standard InChI is InChI=1S/C30H48O4/c1-18(2)16-19(31)17-29(7)23-11-14-28(6)21-8-9-22-26(3,4)24(32)12-13-27(22,5)20(21)10-15-30(23,28)25(33)34-29/h10,18-19,21-24,31-32H,8-9,11-17H2,1-7H3/t19?,21-,22?,23-,24+,27-,28+,29+,30-/m1/s1. The Morgan fingerprint density at radius 3 is 2.41 bits per heavy atom. The van der Waals surface area contributed by atoms with Crippen molar-refractivity contribution in [3.63, 3.8) is 0 Å². The molecule has 5 aliphatic rings. The summed E-state index contributed by atoms with van der Waals surface area (Å²) >= 11 is 0. The Hall–Kier alpha value is -0.870. The van der Waals surface area contributed by atoms with Gasteiger partial charge in [-0.1, -0.05) is 53.2 Å². The van der Waals surface area contributed by atoms with Gasteiger partial charge in [-0.3, -0.25) is 4.79 Å². The molecule has 192 valence electrons. The van der Waals surface area contributed by atoms with Crippen molar-refractivity contribution in [2.45, 2.75) is 124 Å². The first-order valence-electron chi connectivity index (χ1n) is 14.0. The lowest BCUT2D eigenvalue weighted by atomic mass is 9.41. The monoisotopic (exact) mass is 472 g/mol.